The fourth-order valence-corrected chi connectivity index (χ4v) is 5.86. The molecule has 4 rings (SSSR count). The molecular formula is C25H31N3O3S. The van der Waals surface area contributed by atoms with Crippen LogP contribution in [-0.2, 0) is 27.8 Å². The van der Waals surface area contributed by atoms with Gasteiger partial charge >= 0.3 is 0 Å². The smallest absolute Gasteiger partial charge is 0.243 e. The highest BCUT2D eigenvalue weighted by atomic mass is 32.2. The topological polar surface area (TPSA) is 71.4 Å². The van der Waals surface area contributed by atoms with Crippen molar-refractivity contribution in [3.8, 4) is 0 Å². The quantitative estimate of drug-likeness (QED) is 0.593. The maximum Gasteiger partial charge on any atom is 0.243 e. The molecule has 1 amide bonds. The largest absolute Gasteiger partial charge is 0.356 e. The zero-order chi connectivity index (χ0) is 22.7. The van der Waals surface area contributed by atoms with Gasteiger partial charge in [0.2, 0.25) is 15.9 Å². The van der Waals surface area contributed by atoms with Crippen LogP contribution in [0.4, 0.5) is 0 Å². The molecular weight excluding hydrogens is 422 g/mol. The number of nitrogens with one attached hydrogen (secondary N) is 1. The van der Waals surface area contributed by atoms with Crippen LogP contribution in [0.25, 0.3) is 10.9 Å². The number of amides is 1. The number of benzene rings is 2. The maximum absolute atomic E-state index is 13.2. The van der Waals surface area contributed by atoms with Crippen LogP contribution in [0.5, 0.6) is 0 Å². The van der Waals surface area contributed by atoms with E-state index in [4.69, 9.17) is 0 Å². The molecule has 170 valence electrons. The molecule has 7 heteroatoms. The number of rotatable bonds is 7. The molecule has 1 fully saturated rings. The lowest BCUT2D eigenvalue weighted by atomic mass is 9.97. The summed E-state index contributed by atoms with van der Waals surface area (Å²) in [5.74, 6) is -0.114. The standard InChI is InChI=1S/C25H31N3O3S/c1-3-27-15-11-22-18-23(8-9-24(22)27)32(30,31)28-16-12-21(13-17-28)25(29)26-14-10-20-6-4-19(2)5-7-20/h4-9,11,15,18,21H,3,10,12-14,16-17H2,1-2H3,(H,26,29). The van der Waals surface area contributed by atoms with E-state index in [9.17, 15) is 13.2 Å². The van der Waals surface area contributed by atoms with Gasteiger partial charge in [-0.05, 0) is 62.9 Å². The maximum atomic E-state index is 13.2. The van der Waals surface area contributed by atoms with Crippen molar-refractivity contribution in [1.29, 1.82) is 0 Å². The number of aryl methyl sites for hydroxylation is 2. The third-order valence-corrected chi connectivity index (χ3v) is 8.27. The lowest BCUT2D eigenvalue weighted by molar-refractivity contribution is -0.126. The van der Waals surface area contributed by atoms with Gasteiger partial charge in [0.15, 0.2) is 0 Å². The first-order valence-corrected chi connectivity index (χ1v) is 12.7. The van der Waals surface area contributed by atoms with Crippen molar-refractivity contribution in [2.75, 3.05) is 19.6 Å². The van der Waals surface area contributed by atoms with E-state index >= 15 is 0 Å². The molecule has 1 aromatic heterocycles. The van der Waals surface area contributed by atoms with Gasteiger partial charge in [0, 0.05) is 49.2 Å². The van der Waals surface area contributed by atoms with Crippen LogP contribution in [0, 0.1) is 12.8 Å². The second kappa shape index (κ2) is 9.46. The average Bonchev–Trinajstić information content (AvgIpc) is 3.23. The van der Waals surface area contributed by atoms with Gasteiger partial charge in [-0.1, -0.05) is 29.8 Å². The molecule has 0 unspecified atom stereocenters. The van der Waals surface area contributed by atoms with Crippen LogP contribution in [0.1, 0.15) is 30.9 Å². The van der Waals surface area contributed by atoms with Crippen LogP contribution in [0.3, 0.4) is 0 Å². The van der Waals surface area contributed by atoms with Gasteiger partial charge in [-0.3, -0.25) is 4.79 Å². The Kier molecular flexibility index (Phi) is 6.67. The van der Waals surface area contributed by atoms with Crippen molar-refractivity contribution in [3.63, 3.8) is 0 Å². The van der Waals surface area contributed by atoms with E-state index in [2.05, 4.69) is 48.0 Å². The van der Waals surface area contributed by atoms with Crippen molar-refractivity contribution in [2.45, 2.75) is 44.6 Å². The molecule has 6 nitrogen and oxygen atoms in total. The van der Waals surface area contributed by atoms with E-state index in [0.29, 0.717) is 37.4 Å². The minimum absolute atomic E-state index is 0.0245. The molecule has 3 aromatic rings. The summed E-state index contributed by atoms with van der Waals surface area (Å²) >= 11 is 0. The Morgan fingerprint density at radius 1 is 1.06 bits per heavy atom. The Morgan fingerprint density at radius 2 is 1.78 bits per heavy atom. The molecule has 1 saturated heterocycles. The normalized spacial score (nSPS) is 15.8. The molecule has 0 aliphatic carbocycles. The van der Waals surface area contributed by atoms with Crippen LogP contribution >= 0.6 is 0 Å². The van der Waals surface area contributed by atoms with Gasteiger partial charge in [-0.25, -0.2) is 8.42 Å². The number of fused-ring (bicyclic) bond motifs is 1. The van der Waals surface area contributed by atoms with E-state index in [1.165, 1.54) is 15.4 Å². The zero-order valence-electron chi connectivity index (χ0n) is 18.8. The highest BCUT2D eigenvalue weighted by molar-refractivity contribution is 7.89. The number of aromatic nitrogens is 1. The molecule has 1 N–H and O–H groups in total. The number of carbonyl (C=O) groups is 1. The van der Waals surface area contributed by atoms with Crippen molar-refractivity contribution in [1.82, 2.24) is 14.2 Å². The number of sulfonamides is 1. The van der Waals surface area contributed by atoms with Gasteiger partial charge in [-0.2, -0.15) is 4.31 Å². The molecule has 2 aromatic carbocycles. The van der Waals surface area contributed by atoms with Crippen LogP contribution in [0.2, 0.25) is 0 Å². The van der Waals surface area contributed by atoms with Crippen molar-refractivity contribution in [3.05, 3.63) is 65.9 Å². The Bertz CT molecular complexity index is 1190. The monoisotopic (exact) mass is 453 g/mol. The van der Waals surface area contributed by atoms with E-state index in [1.54, 1.807) is 12.1 Å². The fraction of sp³-hybridized carbons (Fsp3) is 0.400. The van der Waals surface area contributed by atoms with Crippen LogP contribution < -0.4 is 5.32 Å². The first-order chi connectivity index (χ1) is 15.4. The van der Waals surface area contributed by atoms with Gasteiger partial charge in [0.05, 0.1) is 4.90 Å². The summed E-state index contributed by atoms with van der Waals surface area (Å²) in [6.45, 7) is 6.29. The van der Waals surface area contributed by atoms with Crippen LogP contribution in [-0.4, -0.2) is 42.8 Å². The van der Waals surface area contributed by atoms with E-state index in [1.807, 2.05) is 18.3 Å². The second-order valence-corrected chi connectivity index (χ2v) is 10.5. The lowest BCUT2D eigenvalue weighted by Crippen LogP contribution is -2.43. The zero-order valence-corrected chi connectivity index (χ0v) is 19.6. The Hall–Kier alpha value is -2.64. The predicted molar refractivity (Wildman–Crippen MR) is 127 cm³/mol. The summed E-state index contributed by atoms with van der Waals surface area (Å²) in [6, 6.07) is 15.6. The Morgan fingerprint density at radius 3 is 2.47 bits per heavy atom. The molecule has 0 spiro atoms. The van der Waals surface area contributed by atoms with Crippen molar-refractivity contribution < 1.29 is 13.2 Å². The Balaban J connectivity index is 1.32. The predicted octanol–water partition coefficient (Wildman–Crippen LogP) is 3.73. The first-order valence-electron chi connectivity index (χ1n) is 11.3. The third-order valence-electron chi connectivity index (χ3n) is 6.38. The highest BCUT2D eigenvalue weighted by Gasteiger charge is 2.32. The summed E-state index contributed by atoms with van der Waals surface area (Å²) < 4.78 is 29.9. The van der Waals surface area contributed by atoms with E-state index in [-0.39, 0.29) is 11.8 Å². The summed E-state index contributed by atoms with van der Waals surface area (Å²) in [6.07, 6.45) is 3.86. The van der Waals surface area contributed by atoms with Crippen molar-refractivity contribution in [2.24, 2.45) is 5.92 Å². The first kappa shape index (κ1) is 22.6. The second-order valence-electron chi connectivity index (χ2n) is 8.53. The fourth-order valence-electron chi connectivity index (χ4n) is 4.35. The molecule has 2 heterocycles. The SMILES string of the molecule is CCn1ccc2cc(S(=O)(=O)N3CCC(C(=O)NCCc4ccc(C)cc4)CC3)ccc21. The number of hydrogen-bond donors (Lipinski definition) is 1. The van der Waals surface area contributed by atoms with Gasteiger partial charge < -0.3 is 9.88 Å². The van der Waals surface area contributed by atoms with Gasteiger partial charge in [0.1, 0.15) is 0 Å². The summed E-state index contributed by atoms with van der Waals surface area (Å²) in [7, 11) is -3.56. The minimum Gasteiger partial charge on any atom is -0.356 e. The molecule has 32 heavy (non-hydrogen) atoms. The molecule has 0 radical (unpaired) electrons. The number of nitrogens with zero attached hydrogens (tertiary/aromatic N) is 2. The molecule has 0 bridgehead atoms. The summed E-state index contributed by atoms with van der Waals surface area (Å²) in [5, 5.41) is 3.95. The third kappa shape index (κ3) is 4.74. The molecule has 1 aliphatic rings. The lowest BCUT2D eigenvalue weighted by Gasteiger charge is -2.30. The number of piperidine rings is 1. The van der Waals surface area contributed by atoms with Crippen LogP contribution in [0.15, 0.2) is 59.6 Å². The van der Waals surface area contributed by atoms with E-state index < -0.39 is 10.0 Å². The molecule has 0 saturated carbocycles. The van der Waals surface area contributed by atoms with Gasteiger partial charge in [0.25, 0.3) is 0 Å². The summed E-state index contributed by atoms with van der Waals surface area (Å²) in [4.78, 5) is 12.9. The molecule has 0 atom stereocenters. The summed E-state index contributed by atoms with van der Waals surface area (Å²) in [5.41, 5.74) is 3.45. The number of hydrogen-bond acceptors (Lipinski definition) is 3. The molecule has 1 aliphatic heterocycles. The van der Waals surface area contributed by atoms with Crippen molar-refractivity contribution >= 4 is 26.8 Å². The van der Waals surface area contributed by atoms with Gasteiger partial charge in [-0.15, -0.1) is 0 Å². The minimum atomic E-state index is -3.56. The Labute approximate surface area is 190 Å². The highest BCUT2D eigenvalue weighted by Crippen LogP contribution is 2.27. The number of carbonyl (C=O) groups excluding carboxylic acids is 1. The van der Waals surface area contributed by atoms with E-state index in [0.717, 1.165) is 23.9 Å². The average molecular weight is 454 g/mol.